The summed E-state index contributed by atoms with van der Waals surface area (Å²) in [5.41, 5.74) is 9.42. The van der Waals surface area contributed by atoms with Crippen LogP contribution in [0.15, 0.2) is 18.2 Å². The summed E-state index contributed by atoms with van der Waals surface area (Å²) in [6.07, 6.45) is 5.81. The van der Waals surface area contributed by atoms with Crippen LogP contribution in [0.2, 0.25) is 0 Å². The largest absolute Gasteiger partial charge is 0.330 e. The number of unbranched alkanes of at least 4 members (excludes halogenated alkanes) is 1. The number of hydrogen-bond donors (Lipinski definition) is 1. The predicted octanol–water partition coefficient (Wildman–Crippen LogP) is 2.26. The highest BCUT2D eigenvalue weighted by Gasteiger charge is 2.15. The number of nitrogens with zero attached hydrogens (tertiary/aromatic N) is 2. The van der Waals surface area contributed by atoms with Crippen LogP contribution >= 0.6 is 0 Å². The van der Waals surface area contributed by atoms with E-state index in [1.54, 1.807) is 0 Å². The summed E-state index contributed by atoms with van der Waals surface area (Å²) in [6.45, 7) is 1.93. The van der Waals surface area contributed by atoms with Crippen molar-refractivity contribution in [3.63, 3.8) is 0 Å². The fraction of sp³-hybridized carbons (Fsp3) is 0.500. The van der Waals surface area contributed by atoms with Gasteiger partial charge in [-0.25, -0.2) is 4.98 Å². The van der Waals surface area contributed by atoms with Crippen molar-refractivity contribution in [2.75, 3.05) is 6.54 Å². The zero-order valence-corrected chi connectivity index (χ0v) is 10.2. The minimum Gasteiger partial charge on any atom is -0.330 e. The molecule has 1 aromatic heterocycles. The van der Waals surface area contributed by atoms with E-state index in [1.165, 1.54) is 29.7 Å². The van der Waals surface area contributed by atoms with Crippen LogP contribution in [0.5, 0.6) is 0 Å². The molecule has 3 rings (SSSR count). The number of aryl methyl sites for hydroxylation is 3. The molecule has 0 spiro atoms. The lowest BCUT2D eigenvalue weighted by molar-refractivity contribution is 0.743. The zero-order valence-electron chi connectivity index (χ0n) is 10.2. The van der Waals surface area contributed by atoms with Gasteiger partial charge in [-0.2, -0.15) is 0 Å². The van der Waals surface area contributed by atoms with E-state index in [2.05, 4.69) is 27.8 Å². The van der Waals surface area contributed by atoms with Crippen molar-refractivity contribution in [1.29, 1.82) is 0 Å². The molecule has 1 aromatic carbocycles. The Bertz CT molecular complexity index is 527. The number of fused-ring (bicyclic) bond motifs is 3. The normalized spacial score (nSPS) is 14.4. The Morgan fingerprint density at radius 3 is 3.12 bits per heavy atom. The maximum atomic E-state index is 5.53. The molecule has 0 saturated carbocycles. The van der Waals surface area contributed by atoms with Crippen molar-refractivity contribution in [3.8, 4) is 0 Å². The molecule has 2 aromatic rings. The molecule has 1 aliphatic rings. The summed E-state index contributed by atoms with van der Waals surface area (Å²) < 4.78 is 2.38. The van der Waals surface area contributed by atoms with Crippen molar-refractivity contribution in [2.24, 2.45) is 5.73 Å². The lowest BCUT2D eigenvalue weighted by Crippen LogP contribution is -1.99. The number of imidazole rings is 1. The lowest BCUT2D eigenvalue weighted by Gasteiger charge is -2.03. The second-order valence-electron chi connectivity index (χ2n) is 4.85. The van der Waals surface area contributed by atoms with Gasteiger partial charge in [-0.05, 0) is 49.9 Å². The Kier molecular flexibility index (Phi) is 2.85. The van der Waals surface area contributed by atoms with Crippen LogP contribution in [0.25, 0.3) is 11.0 Å². The molecule has 0 saturated heterocycles. The average Bonchev–Trinajstić information content (AvgIpc) is 2.90. The fourth-order valence-corrected chi connectivity index (χ4v) is 2.68. The molecule has 0 amide bonds. The molecular weight excluding hydrogens is 210 g/mol. The van der Waals surface area contributed by atoms with Gasteiger partial charge in [-0.15, -0.1) is 0 Å². The van der Waals surface area contributed by atoms with Gasteiger partial charge in [-0.1, -0.05) is 6.07 Å². The van der Waals surface area contributed by atoms with Gasteiger partial charge in [0, 0.05) is 13.0 Å². The van der Waals surface area contributed by atoms with Gasteiger partial charge in [-0.3, -0.25) is 0 Å². The molecule has 1 aliphatic heterocycles. The summed E-state index contributed by atoms with van der Waals surface area (Å²) in [5.74, 6) is 1.26. The first-order valence-electron chi connectivity index (χ1n) is 6.56. The first-order valence-corrected chi connectivity index (χ1v) is 6.56. The molecule has 3 nitrogen and oxygen atoms in total. The fourth-order valence-electron chi connectivity index (χ4n) is 2.68. The minimum atomic E-state index is 0.796. The van der Waals surface area contributed by atoms with Crippen LogP contribution in [0.3, 0.4) is 0 Å². The molecular formula is C14H19N3. The Balaban J connectivity index is 1.89. The van der Waals surface area contributed by atoms with Gasteiger partial charge in [0.15, 0.2) is 0 Å². The highest BCUT2D eigenvalue weighted by Crippen LogP contribution is 2.24. The van der Waals surface area contributed by atoms with E-state index in [0.29, 0.717) is 0 Å². The number of aromatic nitrogens is 2. The quantitative estimate of drug-likeness (QED) is 0.817. The standard InChI is InChI=1S/C14H19N3/c15-8-2-1-4-11-6-7-12-13(10-11)17-9-3-5-14(17)16-12/h6-7,10H,1-5,8-9,15H2. The van der Waals surface area contributed by atoms with E-state index in [9.17, 15) is 0 Å². The van der Waals surface area contributed by atoms with Crippen molar-refractivity contribution >= 4 is 11.0 Å². The van der Waals surface area contributed by atoms with E-state index in [-0.39, 0.29) is 0 Å². The van der Waals surface area contributed by atoms with Crippen LogP contribution in [0, 0.1) is 0 Å². The van der Waals surface area contributed by atoms with Gasteiger partial charge >= 0.3 is 0 Å². The van der Waals surface area contributed by atoms with E-state index >= 15 is 0 Å². The second-order valence-corrected chi connectivity index (χ2v) is 4.85. The molecule has 3 heteroatoms. The zero-order chi connectivity index (χ0) is 11.7. The Morgan fingerprint density at radius 2 is 2.24 bits per heavy atom. The SMILES string of the molecule is NCCCCc1ccc2nc3n(c2c1)CCC3. The number of benzene rings is 1. The highest BCUT2D eigenvalue weighted by atomic mass is 15.1. The van der Waals surface area contributed by atoms with Crippen LogP contribution in [-0.4, -0.2) is 16.1 Å². The van der Waals surface area contributed by atoms with Crippen molar-refractivity contribution in [1.82, 2.24) is 9.55 Å². The monoisotopic (exact) mass is 229 g/mol. The van der Waals surface area contributed by atoms with E-state index in [1.807, 2.05) is 0 Å². The van der Waals surface area contributed by atoms with Crippen LogP contribution in [0.4, 0.5) is 0 Å². The topological polar surface area (TPSA) is 43.8 Å². The van der Waals surface area contributed by atoms with Crippen molar-refractivity contribution < 1.29 is 0 Å². The Hall–Kier alpha value is -1.35. The lowest BCUT2D eigenvalue weighted by atomic mass is 10.1. The summed E-state index contributed by atoms with van der Waals surface area (Å²) in [7, 11) is 0. The Morgan fingerprint density at radius 1 is 1.29 bits per heavy atom. The van der Waals surface area contributed by atoms with Gasteiger partial charge in [0.2, 0.25) is 0 Å². The molecule has 0 fully saturated rings. The molecule has 17 heavy (non-hydrogen) atoms. The minimum absolute atomic E-state index is 0.796. The third kappa shape index (κ3) is 1.95. The second kappa shape index (κ2) is 4.49. The van der Waals surface area contributed by atoms with Gasteiger partial charge in [0.1, 0.15) is 5.82 Å². The maximum absolute atomic E-state index is 5.53. The molecule has 2 N–H and O–H groups in total. The number of nitrogens with two attached hydrogens (primary N) is 1. The van der Waals surface area contributed by atoms with Gasteiger partial charge in [0.25, 0.3) is 0 Å². The molecule has 0 atom stereocenters. The summed E-state index contributed by atoms with van der Waals surface area (Å²) >= 11 is 0. The summed E-state index contributed by atoms with van der Waals surface area (Å²) in [6, 6.07) is 6.69. The van der Waals surface area contributed by atoms with Crippen LogP contribution in [0.1, 0.15) is 30.7 Å². The smallest absolute Gasteiger partial charge is 0.109 e. The number of rotatable bonds is 4. The number of hydrogen-bond acceptors (Lipinski definition) is 2. The maximum Gasteiger partial charge on any atom is 0.109 e. The van der Waals surface area contributed by atoms with Crippen LogP contribution in [-0.2, 0) is 19.4 Å². The molecule has 0 aliphatic carbocycles. The molecule has 2 heterocycles. The van der Waals surface area contributed by atoms with Gasteiger partial charge < -0.3 is 10.3 Å². The first-order chi connectivity index (χ1) is 8.38. The predicted molar refractivity (Wildman–Crippen MR) is 70.0 cm³/mol. The Labute approximate surface area is 102 Å². The van der Waals surface area contributed by atoms with E-state index in [4.69, 9.17) is 5.73 Å². The van der Waals surface area contributed by atoms with Crippen molar-refractivity contribution in [2.45, 2.75) is 38.6 Å². The summed E-state index contributed by atoms with van der Waals surface area (Å²) in [4.78, 5) is 4.67. The van der Waals surface area contributed by atoms with Gasteiger partial charge in [0.05, 0.1) is 11.0 Å². The molecule has 0 radical (unpaired) electrons. The van der Waals surface area contributed by atoms with E-state index < -0.39 is 0 Å². The first kappa shape index (κ1) is 10.8. The third-order valence-corrected chi connectivity index (χ3v) is 3.59. The molecule has 0 bridgehead atoms. The van der Waals surface area contributed by atoms with Crippen LogP contribution < -0.4 is 5.73 Å². The van der Waals surface area contributed by atoms with Crippen molar-refractivity contribution in [3.05, 3.63) is 29.6 Å². The molecule has 90 valence electrons. The van der Waals surface area contributed by atoms with E-state index in [0.717, 1.165) is 37.9 Å². The molecule has 0 unspecified atom stereocenters. The highest BCUT2D eigenvalue weighted by molar-refractivity contribution is 5.77. The third-order valence-electron chi connectivity index (χ3n) is 3.59. The summed E-state index contributed by atoms with van der Waals surface area (Å²) in [5, 5.41) is 0. The average molecular weight is 229 g/mol.